The van der Waals surface area contributed by atoms with Crippen molar-refractivity contribution < 1.29 is 33.3 Å². The molecular formula is C20H30N2O7. The van der Waals surface area contributed by atoms with Gasteiger partial charge in [-0.15, -0.1) is 0 Å². The number of esters is 1. The molecule has 1 fully saturated rings. The molecular weight excluding hydrogens is 380 g/mol. The lowest BCUT2D eigenvalue weighted by molar-refractivity contribution is -0.231. The Balaban J connectivity index is 2.24. The van der Waals surface area contributed by atoms with E-state index in [-0.39, 0.29) is 24.2 Å². The molecule has 1 aromatic heterocycles. The first kappa shape index (κ1) is 23.2. The number of aromatic nitrogens is 1. The summed E-state index contributed by atoms with van der Waals surface area (Å²) in [6, 6.07) is 1.66. The first-order chi connectivity index (χ1) is 13.9. The van der Waals surface area contributed by atoms with Crippen molar-refractivity contribution in [2.45, 2.75) is 59.2 Å². The highest BCUT2D eigenvalue weighted by molar-refractivity contribution is 5.96. The molecule has 0 saturated carbocycles. The van der Waals surface area contributed by atoms with Crippen molar-refractivity contribution in [3.05, 3.63) is 23.5 Å². The van der Waals surface area contributed by atoms with Crippen LogP contribution in [0.15, 0.2) is 12.3 Å². The molecule has 2 rings (SSSR count). The zero-order valence-electron chi connectivity index (χ0n) is 17.6. The fourth-order valence-corrected chi connectivity index (χ4v) is 3.20. The van der Waals surface area contributed by atoms with E-state index >= 15 is 0 Å². The molecule has 29 heavy (non-hydrogen) atoms. The third-order valence-electron chi connectivity index (χ3n) is 4.36. The van der Waals surface area contributed by atoms with Gasteiger partial charge in [0.25, 0.3) is 5.91 Å². The summed E-state index contributed by atoms with van der Waals surface area (Å²) in [5, 5.41) is 2.79. The third kappa shape index (κ3) is 5.96. The first-order valence-electron chi connectivity index (χ1n) is 9.84. The number of hydrogen-bond acceptors (Lipinski definition) is 8. The van der Waals surface area contributed by atoms with E-state index in [9.17, 15) is 9.59 Å². The van der Waals surface area contributed by atoms with Gasteiger partial charge in [-0.2, -0.15) is 0 Å². The maximum Gasteiger partial charge on any atom is 0.308 e. The zero-order chi connectivity index (χ0) is 21.4. The minimum atomic E-state index is -0.775. The van der Waals surface area contributed by atoms with Crippen molar-refractivity contribution in [1.29, 1.82) is 0 Å². The Hall–Kier alpha value is -2.07. The fraction of sp³-hybridized carbons (Fsp3) is 0.650. The summed E-state index contributed by atoms with van der Waals surface area (Å²) >= 11 is 0. The summed E-state index contributed by atoms with van der Waals surface area (Å²) in [5.41, 5.74) is 0.619. The summed E-state index contributed by atoms with van der Waals surface area (Å²) in [7, 11) is 0. The molecule has 1 aliphatic rings. The Kier molecular flexibility index (Phi) is 8.97. The van der Waals surface area contributed by atoms with Crippen molar-refractivity contribution in [3.63, 3.8) is 0 Å². The average molecular weight is 410 g/mol. The minimum absolute atomic E-state index is 0.000981. The van der Waals surface area contributed by atoms with Crippen molar-refractivity contribution >= 4 is 11.9 Å². The highest BCUT2D eigenvalue weighted by atomic mass is 16.6. The van der Waals surface area contributed by atoms with E-state index in [1.807, 2.05) is 20.8 Å². The van der Waals surface area contributed by atoms with E-state index in [2.05, 4.69) is 10.3 Å². The molecule has 1 aliphatic heterocycles. The minimum Gasteiger partial charge on any atom is -0.424 e. The molecule has 1 amide bonds. The van der Waals surface area contributed by atoms with Crippen LogP contribution in [0.25, 0.3) is 0 Å². The van der Waals surface area contributed by atoms with Gasteiger partial charge in [-0.05, 0) is 39.3 Å². The number of aryl methyl sites for hydroxylation is 1. The molecule has 0 spiro atoms. The molecule has 9 heteroatoms. The van der Waals surface area contributed by atoms with Gasteiger partial charge in [-0.3, -0.25) is 9.59 Å². The average Bonchev–Trinajstić information content (AvgIpc) is 2.67. The van der Waals surface area contributed by atoms with Gasteiger partial charge >= 0.3 is 5.97 Å². The first-order valence-corrected chi connectivity index (χ1v) is 9.84. The quantitative estimate of drug-likeness (QED) is 0.612. The Morgan fingerprint density at radius 1 is 1.14 bits per heavy atom. The lowest BCUT2D eigenvalue weighted by Crippen LogP contribution is -2.61. The normalized spacial score (nSPS) is 24.2. The van der Waals surface area contributed by atoms with Gasteiger partial charge in [0, 0.05) is 32.9 Å². The molecule has 1 N–H and O–H groups in total. The second kappa shape index (κ2) is 11.2. The molecule has 1 aromatic rings. The van der Waals surface area contributed by atoms with E-state index in [1.165, 1.54) is 13.1 Å². The maximum atomic E-state index is 12.9. The Labute approximate surface area is 171 Å². The predicted octanol–water partition coefficient (Wildman–Crippen LogP) is 1.62. The third-order valence-corrected chi connectivity index (χ3v) is 4.36. The number of rotatable bonds is 9. The standard InChI is InChI=1S/C20H30N2O7/c1-6-25-14-11-28-20(18(27-8-3)17(14)26-7-2)22-19(24)15-16(29-13(5)23)12(4)9-10-21-15/h9-10,14,17-18,20H,6-8,11H2,1-5H3,(H,22,24)/t14-,17+,18-,20-/m1/s1. The molecule has 0 aromatic carbocycles. The second-order valence-corrected chi connectivity index (χ2v) is 6.46. The lowest BCUT2D eigenvalue weighted by atomic mass is 10.0. The van der Waals surface area contributed by atoms with Gasteiger partial charge in [0.05, 0.1) is 6.61 Å². The number of nitrogens with zero attached hydrogens (tertiary/aromatic N) is 1. The van der Waals surface area contributed by atoms with Crippen LogP contribution < -0.4 is 10.1 Å². The van der Waals surface area contributed by atoms with E-state index in [0.717, 1.165) is 0 Å². The summed E-state index contributed by atoms with van der Waals surface area (Å²) in [6.45, 7) is 10.3. The van der Waals surface area contributed by atoms with Gasteiger partial charge < -0.3 is 29.0 Å². The molecule has 1 saturated heterocycles. The van der Waals surface area contributed by atoms with E-state index in [1.54, 1.807) is 13.0 Å². The predicted molar refractivity (Wildman–Crippen MR) is 104 cm³/mol. The van der Waals surface area contributed by atoms with Crippen LogP contribution in [0.5, 0.6) is 5.75 Å². The molecule has 162 valence electrons. The van der Waals surface area contributed by atoms with E-state index < -0.39 is 30.3 Å². The van der Waals surface area contributed by atoms with Crippen LogP contribution >= 0.6 is 0 Å². The lowest BCUT2D eigenvalue weighted by Gasteiger charge is -2.41. The monoisotopic (exact) mass is 410 g/mol. The summed E-state index contributed by atoms with van der Waals surface area (Å²) in [6.07, 6.45) is -0.581. The summed E-state index contributed by atoms with van der Waals surface area (Å²) in [5.74, 6) is -0.952. The van der Waals surface area contributed by atoms with E-state index in [0.29, 0.717) is 25.4 Å². The molecule has 0 radical (unpaired) electrons. The number of ether oxygens (including phenoxy) is 5. The molecule has 0 bridgehead atoms. The van der Waals surface area contributed by atoms with Crippen molar-refractivity contribution in [2.75, 3.05) is 26.4 Å². The Morgan fingerprint density at radius 3 is 2.41 bits per heavy atom. The SMILES string of the molecule is CCO[C@@H]1[C@@H](OCC)[C@H](OCC)CO[C@H]1NC(=O)c1nccc(C)c1OC(C)=O. The Bertz CT molecular complexity index is 697. The number of carbonyl (C=O) groups is 2. The number of amides is 1. The highest BCUT2D eigenvalue weighted by Gasteiger charge is 2.43. The number of carbonyl (C=O) groups excluding carboxylic acids is 2. The Morgan fingerprint density at radius 2 is 1.79 bits per heavy atom. The van der Waals surface area contributed by atoms with E-state index in [4.69, 9.17) is 23.7 Å². The van der Waals surface area contributed by atoms with Crippen molar-refractivity contribution in [3.8, 4) is 5.75 Å². The molecule has 0 aliphatic carbocycles. The fourth-order valence-electron chi connectivity index (χ4n) is 3.20. The topological polar surface area (TPSA) is 105 Å². The summed E-state index contributed by atoms with van der Waals surface area (Å²) < 4.78 is 28.5. The van der Waals surface area contributed by atoms with Gasteiger partial charge in [-0.1, -0.05) is 0 Å². The van der Waals surface area contributed by atoms with Gasteiger partial charge in [0.2, 0.25) is 0 Å². The number of nitrogens with one attached hydrogen (secondary N) is 1. The van der Waals surface area contributed by atoms with Crippen LogP contribution in [0.2, 0.25) is 0 Å². The molecule has 0 unspecified atom stereocenters. The van der Waals surface area contributed by atoms with Crippen LogP contribution in [0, 0.1) is 6.92 Å². The molecule has 9 nitrogen and oxygen atoms in total. The largest absolute Gasteiger partial charge is 0.424 e. The highest BCUT2D eigenvalue weighted by Crippen LogP contribution is 2.25. The van der Waals surface area contributed by atoms with Gasteiger partial charge in [-0.25, -0.2) is 4.98 Å². The molecule has 2 heterocycles. The number of hydrogen-bond donors (Lipinski definition) is 1. The van der Waals surface area contributed by atoms with Crippen LogP contribution in [0.4, 0.5) is 0 Å². The van der Waals surface area contributed by atoms with Gasteiger partial charge in [0.15, 0.2) is 17.7 Å². The van der Waals surface area contributed by atoms with Crippen LogP contribution in [-0.2, 0) is 23.7 Å². The summed E-state index contributed by atoms with van der Waals surface area (Å²) in [4.78, 5) is 28.4. The van der Waals surface area contributed by atoms with Crippen molar-refractivity contribution in [1.82, 2.24) is 10.3 Å². The van der Waals surface area contributed by atoms with Gasteiger partial charge in [0.1, 0.15) is 18.3 Å². The van der Waals surface area contributed by atoms with Crippen LogP contribution in [0.3, 0.4) is 0 Å². The van der Waals surface area contributed by atoms with Crippen LogP contribution in [0.1, 0.15) is 43.7 Å². The zero-order valence-corrected chi connectivity index (χ0v) is 17.6. The number of pyridine rings is 1. The second-order valence-electron chi connectivity index (χ2n) is 6.46. The smallest absolute Gasteiger partial charge is 0.308 e. The molecule has 4 atom stereocenters. The van der Waals surface area contributed by atoms with Crippen molar-refractivity contribution in [2.24, 2.45) is 0 Å². The maximum absolute atomic E-state index is 12.9. The van der Waals surface area contributed by atoms with Crippen LogP contribution in [-0.4, -0.2) is 67.8 Å².